The van der Waals surface area contributed by atoms with E-state index in [1.165, 1.54) is 30.3 Å². The van der Waals surface area contributed by atoms with E-state index in [2.05, 4.69) is 10.6 Å². The van der Waals surface area contributed by atoms with Crippen LogP contribution in [0.25, 0.3) is 50.3 Å². The first-order valence-corrected chi connectivity index (χ1v) is 20.2. The van der Waals surface area contributed by atoms with Gasteiger partial charge in [0, 0.05) is 58.9 Å². The van der Waals surface area contributed by atoms with Gasteiger partial charge in [-0.15, -0.1) is 0 Å². The number of aromatic hydroxyl groups is 3. The SMILES string of the molecule is O=C(O)c1cc(NC(=S)NCCOc2ccc(-c3cn4c(O)c(Cc5ccc(O)cc5)nc4c(Cc4ccccc4)n3)cc2)ccc1-c1c2ccc(=O)cc-2oc2cc(O)ccc12. The number of benzene rings is 6. The van der Waals surface area contributed by atoms with Crippen LogP contribution in [-0.4, -0.2) is 59.0 Å². The van der Waals surface area contributed by atoms with E-state index in [9.17, 15) is 30.0 Å². The number of aromatic nitrogens is 3. The number of nitrogens with one attached hydrogen (secondary N) is 2. The lowest BCUT2D eigenvalue weighted by molar-refractivity contribution is 0.0697. The molecule has 2 aliphatic rings. The van der Waals surface area contributed by atoms with Gasteiger partial charge < -0.3 is 40.2 Å². The number of hydrogen-bond acceptors (Lipinski definition) is 10. The molecular formula is C49H37N5O8S. The number of imidazole rings is 1. The van der Waals surface area contributed by atoms with Crippen LogP contribution in [-0.2, 0) is 12.8 Å². The van der Waals surface area contributed by atoms with Gasteiger partial charge in [0.05, 0.1) is 23.5 Å². The van der Waals surface area contributed by atoms with Crippen molar-refractivity contribution in [3.63, 3.8) is 0 Å². The molecule has 0 saturated heterocycles. The Kier molecular flexibility index (Phi) is 10.9. The summed E-state index contributed by atoms with van der Waals surface area (Å²) in [5.74, 6) is -0.154. The molecule has 0 fully saturated rings. The number of thiocarbonyl (C=S) groups is 1. The minimum absolute atomic E-state index is 0.0117. The second-order valence-corrected chi connectivity index (χ2v) is 15.2. The van der Waals surface area contributed by atoms with Gasteiger partial charge in [0.2, 0.25) is 5.88 Å². The molecule has 7 aromatic rings. The van der Waals surface area contributed by atoms with Crippen LogP contribution < -0.4 is 20.8 Å². The Morgan fingerprint density at radius 2 is 1.49 bits per heavy atom. The Morgan fingerprint density at radius 1 is 0.762 bits per heavy atom. The van der Waals surface area contributed by atoms with Gasteiger partial charge in [0.25, 0.3) is 0 Å². The topological polar surface area (TPSA) is 192 Å². The summed E-state index contributed by atoms with van der Waals surface area (Å²) in [6.45, 7) is 0.601. The molecule has 13 nitrogen and oxygen atoms in total. The highest BCUT2D eigenvalue weighted by Gasteiger charge is 2.23. The lowest BCUT2D eigenvalue weighted by Gasteiger charge is -2.18. The molecule has 1 aliphatic heterocycles. The zero-order valence-corrected chi connectivity index (χ0v) is 34.1. The molecule has 6 N–H and O–H groups in total. The number of carboxylic acids is 1. The summed E-state index contributed by atoms with van der Waals surface area (Å²) < 4.78 is 13.6. The number of nitrogens with zero attached hydrogens (tertiary/aromatic N) is 3. The van der Waals surface area contributed by atoms with Crippen LogP contribution in [0.4, 0.5) is 5.69 Å². The Balaban J connectivity index is 0.871. The Morgan fingerprint density at radius 3 is 2.27 bits per heavy atom. The van der Waals surface area contributed by atoms with Gasteiger partial charge >= 0.3 is 5.97 Å². The van der Waals surface area contributed by atoms with Gasteiger partial charge in [-0.2, -0.15) is 0 Å². The van der Waals surface area contributed by atoms with Crippen molar-refractivity contribution in [2.24, 2.45) is 0 Å². The van der Waals surface area contributed by atoms with Crippen molar-refractivity contribution in [3.05, 3.63) is 178 Å². The monoisotopic (exact) mass is 855 g/mol. The zero-order valence-electron chi connectivity index (χ0n) is 33.3. The molecular weight excluding hydrogens is 819 g/mol. The third kappa shape index (κ3) is 8.56. The van der Waals surface area contributed by atoms with Gasteiger partial charge in [-0.25, -0.2) is 14.8 Å². The van der Waals surface area contributed by atoms with Crippen LogP contribution >= 0.6 is 12.2 Å². The van der Waals surface area contributed by atoms with Crippen molar-refractivity contribution in [3.8, 4) is 56.8 Å². The molecule has 9 rings (SSSR count). The fraction of sp³-hybridized carbons (Fsp3) is 0.0816. The van der Waals surface area contributed by atoms with Crippen molar-refractivity contribution in [1.82, 2.24) is 19.7 Å². The Hall–Kier alpha value is -8.23. The van der Waals surface area contributed by atoms with E-state index in [0.29, 0.717) is 81.2 Å². The molecule has 312 valence electrons. The van der Waals surface area contributed by atoms with Gasteiger partial charge in [0.1, 0.15) is 40.9 Å². The predicted octanol–water partition coefficient (Wildman–Crippen LogP) is 8.64. The number of aromatic carboxylic acids is 1. The molecule has 0 amide bonds. The number of phenolic OH excluding ortho intramolecular Hbond substituents is 2. The molecule has 0 saturated carbocycles. The van der Waals surface area contributed by atoms with Crippen LogP contribution in [0, 0.1) is 0 Å². The van der Waals surface area contributed by atoms with E-state index < -0.39 is 5.97 Å². The Labute approximate surface area is 364 Å². The van der Waals surface area contributed by atoms with E-state index in [0.717, 1.165) is 16.7 Å². The molecule has 0 spiro atoms. The number of phenols is 2. The molecule has 1 aliphatic carbocycles. The van der Waals surface area contributed by atoms with Crippen molar-refractivity contribution in [1.29, 1.82) is 0 Å². The third-order valence-corrected chi connectivity index (χ3v) is 10.7. The number of hydrogen-bond donors (Lipinski definition) is 6. The number of rotatable bonds is 12. The second-order valence-electron chi connectivity index (χ2n) is 14.8. The number of anilines is 1. The quantitative estimate of drug-likeness (QED) is 0.0389. The fourth-order valence-electron chi connectivity index (χ4n) is 7.51. The number of carboxylic acid groups (broad SMARTS) is 1. The molecule has 3 heterocycles. The van der Waals surface area contributed by atoms with Crippen LogP contribution in [0.1, 0.15) is 32.9 Å². The normalized spacial score (nSPS) is 11.2. The predicted molar refractivity (Wildman–Crippen MR) is 243 cm³/mol. The summed E-state index contributed by atoms with van der Waals surface area (Å²) in [5.41, 5.74) is 7.07. The van der Waals surface area contributed by atoms with Crippen molar-refractivity contribution < 1.29 is 34.4 Å². The molecule has 63 heavy (non-hydrogen) atoms. The molecule has 0 atom stereocenters. The third-order valence-electron chi connectivity index (χ3n) is 10.5. The smallest absolute Gasteiger partial charge is 0.336 e. The standard InChI is InChI=1S/C49H37N5O8S/c55-32-11-6-29(7-12-32)23-41-47(58)54-27-42(52-40(46(54)53-41)22-28-4-2-1-3-5-28)30-8-15-35(16-9-30)61-21-20-50-49(63)51-31-10-17-36(39(24-31)48(59)60)45-37-18-13-33(56)25-43(37)62-44-26-34(57)14-19-38(44)45/h1-19,24-27,55-56,58H,20-23H2,(H,59,60)(H2,50,51,63). The van der Waals surface area contributed by atoms with Gasteiger partial charge in [-0.3, -0.25) is 9.20 Å². The summed E-state index contributed by atoms with van der Waals surface area (Å²) >= 11 is 5.53. The number of carbonyl (C=O) groups is 1. The second kappa shape index (κ2) is 17.0. The van der Waals surface area contributed by atoms with Crippen molar-refractivity contribution in [2.45, 2.75) is 12.8 Å². The highest BCUT2D eigenvalue weighted by molar-refractivity contribution is 7.80. The lowest BCUT2D eigenvalue weighted by atomic mass is 9.90. The summed E-state index contributed by atoms with van der Waals surface area (Å²) in [5, 5.41) is 48.5. The molecule has 2 aromatic heterocycles. The molecule has 0 radical (unpaired) electrons. The summed E-state index contributed by atoms with van der Waals surface area (Å²) in [6.07, 6.45) is 2.64. The van der Waals surface area contributed by atoms with Gasteiger partial charge in [-0.1, -0.05) is 48.5 Å². The first-order valence-electron chi connectivity index (χ1n) is 19.8. The summed E-state index contributed by atoms with van der Waals surface area (Å²) in [4.78, 5) is 34.6. The minimum Gasteiger partial charge on any atom is -0.508 e. The first kappa shape index (κ1) is 40.2. The molecule has 14 heteroatoms. The van der Waals surface area contributed by atoms with Gasteiger partial charge in [-0.05, 0) is 102 Å². The van der Waals surface area contributed by atoms with Crippen molar-refractivity contribution in [2.75, 3.05) is 18.5 Å². The van der Waals surface area contributed by atoms with Crippen LogP contribution in [0.2, 0.25) is 0 Å². The molecule has 0 unspecified atom stereocenters. The van der Waals surface area contributed by atoms with E-state index in [1.807, 2.05) is 54.6 Å². The largest absolute Gasteiger partial charge is 0.508 e. The van der Waals surface area contributed by atoms with Crippen LogP contribution in [0.5, 0.6) is 23.1 Å². The maximum atomic E-state index is 12.6. The van der Waals surface area contributed by atoms with E-state index in [4.69, 9.17) is 31.3 Å². The number of ether oxygens (including phenoxy) is 1. The van der Waals surface area contributed by atoms with Crippen LogP contribution in [0.15, 0.2) is 149 Å². The van der Waals surface area contributed by atoms with Crippen molar-refractivity contribution >= 4 is 45.6 Å². The molecule has 5 aromatic carbocycles. The van der Waals surface area contributed by atoms with Crippen LogP contribution in [0.3, 0.4) is 0 Å². The lowest BCUT2D eigenvalue weighted by Crippen LogP contribution is -2.32. The maximum Gasteiger partial charge on any atom is 0.336 e. The average molecular weight is 856 g/mol. The van der Waals surface area contributed by atoms with E-state index in [1.54, 1.807) is 59.1 Å². The fourth-order valence-corrected chi connectivity index (χ4v) is 7.73. The number of fused-ring (bicyclic) bond motifs is 3. The minimum atomic E-state index is -1.17. The van der Waals surface area contributed by atoms with E-state index in [-0.39, 0.29) is 45.9 Å². The first-order chi connectivity index (χ1) is 30.6. The average Bonchev–Trinajstić information content (AvgIpc) is 3.59. The highest BCUT2D eigenvalue weighted by atomic mass is 32.1. The summed E-state index contributed by atoms with van der Waals surface area (Å²) in [7, 11) is 0. The Bertz CT molecular complexity index is 3210. The maximum absolute atomic E-state index is 12.6. The van der Waals surface area contributed by atoms with E-state index >= 15 is 0 Å². The highest BCUT2D eigenvalue weighted by Crippen LogP contribution is 2.42. The zero-order chi connectivity index (χ0) is 43.6. The molecule has 0 bridgehead atoms. The summed E-state index contributed by atoms with van der Waals surface area (Å²) in [6, 6.07) is 37.9. The van der Waals surface area contributed by atoms with Gasteiger partial charge in [0.15, 0.2) is 16.2 Å².